The first-order valence-electron chi connectivity index (χ1n) is 4.65. The minimum atomic E-state index is -0.736. The second kappa shape index (κ2) is 3.06. The Kier molecular flexibility index (Phi) is 2.44. The van der Waals surface area contributed by atoms with Crippen LogP contribution in [0.2, 0.25) is 0 Å². The van der Waals surface area contributed by atoms with Gasteiger partial charge in [-0.15, -0.1) is 0 Å². The molecule has 1 N–H and O–H groups in total. The molecule has 0 heterocycles. The summed E-state index contributed by atoms with van der Waals surface area (Å²) < 4.78 is 0. The molecule has 0 unspecified atom stereocenters. The van der Waals surface area contributed by atoms with Gasteiger partial charge in [-0.05, 0) is 26.7 Å². The first-order chi connectivity index (χ1) is 5.52. The largest absolute Gasteiger partial charge is 0.388 e. The summed E-state index contributed by atoms with van der Waals surface area (Å²) in [6.45, 7) is 3.66. The minimum Gasteiger partial charge on any atom is -0.388 e. The molecule has 0 spiro atoms. The monoisotopic (exact) mass is 167 g/mol. The van der Waals surface area contributed by atoms with Crippen LogP contribution in [-0.4, -0.2) is 10.7 Å². The van der Waals surface area contributed by atoms with Gasteiger partial charge >= 0.3 is 0 Å². The maximum Gasteiger partial charge on any atom is 0.0827 e. The lowest BCUT2D eigenvalue weighted by Crippen LogP contribution is -2.45. The van der Waals surface area contributed by atoms with Crippen molar-refractivity contribution in [1.82, 2.24) is 0 Å². The third kappa shape index (κ3) is 1.47. The Morgan fingerprint density at radius 3 is 2.17 bits per heavy atom. The summed E-state index contributed by atoms with van der Waals surface area (Å²) in [5.41, 5.74) is -1.33. The maximum absolute atomic E-state index is 10.2. The van der Waals surface area contributed by atoms with Gasteiger partial charge < -0.3 is 5.11 Å². The zero-order valence-electron chi connectivity index (χ0n) is 7.93. The lowest BCUT2D eigenvalue weighted by molar-refractivity contribution is -0.0672. The first-order valence-corrected chi connectivity index (χ1v) is 4.65. The average molecular weight is 167 g/mol. The molecule has 1 fully saturated rings. The highest BCUT2D eigenvalue weighted by Gasteiger charge is 2.44. The fraction of sp³-hybridized carbons (Fsp3) is 0.900. The Hall–Kier alpha value is -0.550. The number of nitrogens with zero attached hydrogens (tertiary/aromatic N) is 1. The molecule has 0 aromatic heterocycles. The predicted molar refractivity (Wildman–Crippen MR) is 47.4 cm³/mol. The minimum absolute atomic E-state index is 0.590. The highest BCUT2D eigenvalue weighted by molar-refractivity contribution is 5.07. The van der Waals surface area contributed by atoms with Crippen LogP contribution >= 0.6 is 0 Å². The number of hydrogen-bond donors (Lipinski definition) is 1. The Morgan fingerprint density at radius 2 is 1.75 bits per heavy atom. The molecule has 68 valence electrons. The van der Waals surface area contributed by atoms with Gasteiger partial charge in [-0.1, -0.05) is 19.3 Å². The van der Waals surface area contributed by atoms with Gasteiger partial charge in [0.2, 0.25) is 0 Å². The van der Waals surface area contributed by atoms with E-state index in [1.54, 1.807) is 0 Å². The summed E-state index contributed by atoms with van der Waals surface area (Å²) in [6.07, 6.45) is 4.88. The van der Waals surface area contributed by atoms with Crippen molar-refractivity contribution in [3.8, 4) is 6.07 Å². The van der Waals surface area contributed by atoms with Crippen molar-refractivity contribution in [3.05, 3.63) is 0 Å². The SMILES string of the molecule is CC(C)(C#N)C1(O)CCCCC1. The zero-order chi connectivity index (χ0) is 9.24. The lowest BCUT2D eigenvalue weighted by Gasteiger charge is -2.40. The van der Waals surface area contributed by atoms with Crippen molar-refractivity contribution in [2.75, 3.05) is 0 Å². The van der Waals surface area contributed by atoms with E-state index >= 15 is 0 Å². The van der Waals surface area contributed by atoms with E-state index in [0.29, 0.717) is 0 Å². The van der Waals surface area contributed by atoms with Crippen molar-refractivity contribution >= 4 is 0 Å². The van der Waals surface area contributed by atoms with Crippen molar-refractivity contribution in [3.63, 3.8) is 0 Å². The van der Waals surface area contributed by atoms with Gasteiger partial charge in [0.25, 0.3) is 0 Å². The highest BCUT2D eigenvalue weighted by atomic mass is 16.3. The van der Waals surface area contributed by atoms with Crippen molar-refractivity contribution < 1.29 is 5.11 Å². The predicted octanol–water partition coefficient (Wildman–Crippen LogP) is 2.23. The van der Waals surface area contributed by atoms with E-state index in [1.165, 1.54) is 6.42 Å². The number of aliphatic hydroxyl groups is 1. The molecule has 0 saturated heterocycles. The molecule has 1 saturated carbocycles. The van der Waals surface area contributed by atoms with Crippen LogP contribution < -0.4 is 0 Å². The highest BCUT2D eigenvalue weighted by Crippen LogP contribution is 2.41. The third-order valence-corrected chi connectivity index (χ3v) is 3.12. The smallest absolute Gasteiger partial charge is 0.0827 e. The van der Waals surface area contributed by atoms with Crippen LogP contribution in [0.1, 0.15) is 46.0 Å². The van der Waals surface area contributed by atoms with Gasteiger partial charge in [-0.25, -0.2) is 0 Å². The number of nitriles is 1. The van der Waals surface area contributed by atoms with Crippen molar-refractivity contribution in [1.29, 1.82) is 5.26 Å². The van der Waals surface area contributed by atoms with Gasteiger partial charge in [0.05, 0.1) is 17.1 Å². The normalized spacial score (nSPS) is 23.2. The standard InChI is InChI=1S/C10H17NO/c1-9(2,8-11)10(12)6-4-3-5-7-10/h12H,3-7H2,1-2H3. The number of rotatable bonds is 1. The molecule has 12 heavy (non-hydrogen) atoms. The number of hydrogen-bond acceptors (Lipinski definition) is 2. The van der Waals surface area contributed by atoms with E-state index in [0.717, 1.165) is 25.7 Å². The summed E-state index contributed by atoms with van der Waals surface area (Å²) in [5.74, 6) is 0. The summed E-state index contributed by atoms with van der Waals surface area (Å²) in [4.78, 5) is 0. The van der Waals surface area contributed by atoms with Crippen LogP contribution in [0, 0.1) is 16.7 Å². The van der Waals surface area contributed by atoms with Crippen LogP contribution in [0.3, 0.4) is 0 Å². The average Bonchev–Trinajstić information content (AvgIpc) is 2.06. The molecule has 0 aromatic carbocycles. The first kappa shape index (κ1) is 9.54. The maximum atomic E-state index is 10.2. The molecule has 1 rings (SSSR count). The third-order valence-electron chi connectivity index (χ3n) is 3.12. The van der Waals surface area contributed by atoms with Gasteiger partial charge in [0, 0.05) is 0 Å². The quantitative estimate of drug-likeness (QED) is 0.650. The van der Waals surface area contributed by atoms with Gasteiger partial charge in [0.15, 0.2) is 0 Å². The molecule has 0 radical (unpaired) electrons. The Balaban J connectivity index is 2.76. The second-order valence-corrected chi connectivity index (χ2v) is 4.33. The Labute approximate surface area is 74.2 Å². The fourth-order valence-corrected chi connectivity index (χ4v) is 1.87. The van der Waals surface area contributed by atoms with E-state index in [1.807, 2.05) is 13.8 Å². The molecule has 0 atom stereocenters. The van der Waals surface area contributed by atoms with E-state index in [2.05, 4.69) is 6.07 Å². The Morgan fingerprint density at radius 1 is 1.25 bits per heavy atom. The van der Waals surface area contributed by atoms with Gasteiger partial charge in [-0.3, -0.25) is 0 Å². The zero-order valence-corrected chi connectivity index (χ0v) is 7.93. The molecule has 0 aliphatic heterocycles. The molecule has 0 aromatic rings. The topological polar surface area (TPSA) is 44.0 Å². The van der Waals surface area contributed by atoms with E-state index in [9.17, 15) is 5.11 Å². The van der Waals surface area contributed by atoms with Crippen LogP contribution in [0.5, 0.6) is 0 Å². The van der Waals surface area contributed by atoms with E-state index in [-0.39, 0.29) is 0 Å². The van der Waals surface area contributed by atoms with Gasteiger partial charge in [0.1, 0.15) is 0 Å². The van der Waals surface area contributed by atoms with Crippen LogP contribution in [-0.2, 0) is 0 Å². The molecule has 2 nitrogen and oxygen atoms in total. The second-order valence-electron chi connectivity index (χ2n) is 4.33. The fourth-order valence-electron chi connectivity index (χ4n) is 1.87. The van der Waals surface area contributed by atoms with Crippen LogP contribution in [0.4, 0.5) is 0 Å². The molecule has 1 aliphatic carbocycles. The molecule has 1 aliphatic rings. The summed E-state index contributed by atoms with van der Waals surface area (Å²) in [6, 6.07) is 2.20. The summed E-state index contributed by atoms with van der Waals surface area (Å²) in [7, 11) is 0. The molecule has 0 bridgehead atoms. The lowest BCUT2D eigenvalue weighted by atomic mass is 9.68. The molecular formula is C10H17NO. The molecular weight excluding hydrogens is 150 g/mol. The molecule has 0 amide bonds. The van der Waals surface area contributed by atoms with E-state index < -0.39 is 11.0 Å². The summed E-state index contributed by atoms with van der Waals surface area (Å²) in [5, 5.41) is 19.1. The van der Waals surface area contributed by atoms with Crippen LogP contribution in [0.25, 0.3) is 0 Å². The van der Waals surface area contributed by atoms with E-state index in [4.69, 9.17) is 5.26 Å². The molecule has 2 heteroatoms. The summed E-state index contributed by atoms with van der Waals surface area (Å²) >= 11 is 0. The van der Waals surface area contributed by atoms with Crippen molar-refractivity contribution in [2.24, 2.45) is 5.41 Å². The van der Waals surface area contributed by atoms with Gasteiger partial charge in [-0.2, -0.15) is 5.26 Å². The van der Waals surface area contributed by atoms with Crippen LogP contribution in [0.15, 0.2) is 0 Å². The Bertz CT molecular complexity index is 196. The van der Waals surface area contributed by atoms with Crippen molar-refractivity contribution in [2.45, 2.75) is 51.6 Å².